The first-order chi connectivity index (χ1) is 9.78. The molecule has 4 N–H and O–H groups in total. The molecule has 7 heteroatoms. The van der Waals surface area contributed by atoms with Crippen LogP contribution in [0, 0.1) is 0 Å². The van der Waals surface area contributed by atoms with Gasteiger partial charge in [0.2, 0.25) is 0 Å². The number of hydrogen-bond donors (Lipinski definition) is 2. The smallest absolute Gasteiger partial charge is 0.252 e. The lowest BCUT2D eigenvalue weighted by molar-refractivity contribution is 0.609. The van der Waals surface area contributed by atoms with Crippen LogP contribution in [0.4, 0.5) is 0 Å². The fourth-order valence-corrected chi connectivity index (χ4v) is 2.72. The molecular weight excluding hydrogens is 272 g/mol. The third-order valence-electron chi connectivity index (χ3n) is 3.10. The largest absolute Gasteiger partial charge is 0.329 e. The standard InChI is InChI=1S/C13H16N6S/c14-8-9(15)3-4-12-17-13-16-6-5-10(19(13)18-12)11-2-1-7-20-11/h1-2,5-7,9H,3-4,8,14-15H2/t9-/m0/s1. The normalized spacial score (nSPS) is 12.9. The second kappa shape index (κ2) is 5.66. The summed E-state index contributed by atoms with van der Waals surface area (Å²) in [7, 11) is 0. The average molecular weight is 288 g/mol. The van der Waals surface area contributed by atoms with E-state index in [2.05, 4.69) is 21.1 Å². The Morgan fingerprint density at radius 1 is 1.35 bits per heavy atom. The summed E-state index contributed by atoms with van der Waals surface area (Å²) in [6.45, 7) is 0.478. The van der Waals surface area contributed by atoms with Crippen molar-refractivity contribution in [1.82, 2.24) is 19.6 Å². The second-order valence-electron chi connectivity index (χ2n) is 4.58. The molecule has 104 valence electrons. The molecule has 1 atom stereocenters. The molecule has 3 rings (SSSR count). The van der Waals surface area contributed by atoms with E-state index in [4.69, 9.17) is 11.5 Å². The van der Waals surface area contributed by atoms with E-state index in [-0.39, 0.29) is 6.04 Å². The van der Waals surface area contributed by atoms with Gasteiger partial charge in [0.1, 0.15) is 0 Å². The van der Waals surface area contributed by atoms with Crippen molar-refractivity contribution in [3.8, 4) is 10.6 Å². The van der Waals surface area contributed by atoms with Gasteiger partial charge in [-0.1, -0.05) is 6.07 Å². The lowest BCUT2D eigenvalue weighted by Gasteiger charge is -2.04. The Morgan fingerprint density at radius 3 is 3.00 bits per heavy atom. The van der Waals surface area contributed by atoms with E-state index < -0.39 is 0 Å². The molecule has 6 nitrogen and oxygen atoms in total. The van der Waals surface area contributed by atoms with Gasteiger partial charge in [0.25, 0.3) is 5.78 Å². The first-order valence-corrected chi connectivity index (χ1v) is 7.36. The molecule has 0 saturated carbocycles. The SMILES string of the molecule is NC[C@@H](N)CCc1nc2nccc(-c3cccs3)n2n1. The molecular formula is C13H16N6S. The number of hydrogen-bond acceptors (Lipinski definition) is 6. The summed E-state index contributed by atoms with van der Waals surface area (Å²) in [5.74, 6) is 1.37. The zero-order chi connectivity index (χ0) is 13.9. The van der Waals surface area contributed by atoms with Crippen LogP contribution in [0.2, 0.25) is 0 Å². The van der Waals surface area contributed by atoms with Gasteiger partial charge >= 0.3 is 0 Å². The van der Waals surface area contributed by atoms with Crippen LogP contribution >= 0.6 is 11.3 Å². The third kappa shape index (κ3) is 2.55. The highest BCUT2D eigenvalue weighted by Gasteiger charge is 2.11. The minimum absolute atomic E-state index is 0.00802. The van der Waals surface area contributed by atoms with Crippen molar-refractivity contribution in [2.24, 2.45) is 11.5 Å². The maximum Gasteiger partial charge on any atom is 0.252 e. The Kier molecular flexibility index (Phi) is 3.72. The van der Waals surface area contributed by atoms with E-state index in [9.17, 15) is 0 Å². The van der Waals surface area contributed by atoms with Crippen molar-refractivity contribution >= 4 is 17.1 Å². The lowest BCUT2D eigenvalue weighted by Crippen LogP contribution is -2.30. The van der Waals surface area contributed by atoms with Crippen LogP contribution in [-0.4, -0.2) is 32.2 Å². The topological polar surface area (TPSA) is 95.1 Å². The van der Waals surface area contributed by atoms with E-state index in [0.29, 0.717) is 18.7 Å². The number of aryl methyl sites for hydroxylation is 1. The predicted octanol–water partition coefficient (Wildman–Crippen LogP) is 1.07. The van der Waals surface area contributed by atoms with Crippen LogP contribution in [0.15, 0.2) is 29.8 Å². The number of fused-ring (bicyclic) bond motifs is 1. The first kappa shape index (κ1) is 13.2. The lowest BCUT2D eigenvalue weighted by atomic mass is 10.2. The van der Waals surface area contributed by atoms with Crippen LogP contribution in [-0.2, 0) is 6.42 Å². The molecule has 0 fully saturated rings. The summed E-state index contributed by atoms with van der Waals surface area (Å²) in [5.41, 5.74) is 12.3. The molecule has 0 radical (unpaired) electrons. The van der Waals surface area contributed by atoms with Crippen molar-refractivity contribution in [2.45, 2.75) is 18.9 Å². The summed E-state index contributed by atoms with van der Waals surface area (Å²) in [6.07, 6.45) is 3.25. The molecule has 0 amide bonds. The van der Waals surface area contributed by atoms with E-state index in [0.717, 1.165) is 22.8 Å². The van der Waals surface area contributed by atoms with Gasteiger partial charge in [-0.3, -0.25) is 0 Å². The van der Waals surface area contributed by atoms with E-state index in [1.54, 1.807) is 22.0 Å². The van der Waals surface area contributed by atoms with E-state index >= 15 is 0 Å². The molecule has 0 saturated heterocycles. The van der Waals surface area contributed by atoms with Gasteiger partial charge in [0.05, 0.1) is 10.6 Å². The molecule has 3 aromatic rings. The van der Waals surface area contributed by atoms with Crippen molar-refractivity contribution in [2.75, 3.05) is 6.54 Å². The molecule has 20 heavy (non-hydrogen) atoms. The molecule has 0 aliphatic carbocycles. The first-order valence-electron chi connectivity index (χ1n) is 6.48. The summed E-state index contributed by atoms with van der Waals surface area (Å²) in [4.78, 5) is 9.84. The molecule has 0 aromatic carbocycles. The van der Waals surface area contributed by atoms with Crippen molar-refractivity contribution in [1.29, 1.82) is 0 Å². The predicted molar refractivity (Wildman–Crippen MR) is 79.4 cm³/mol. The number of nitrogens with zero attached hydrogens (tertiary/aromatic N) is 4. The molecule has 0 aliphatic heterocycles. The highest BCUT2D eigenvalue weighted by atomic mass is 32.1. The third-order valence-corrected chi connectivity index (χ3v) is 3.99. The maximum atomic E-state index is 5.82. The number of aromatic nitrogens is 4. The van der Waals surface area contributed by atoms with Crippen molar-refractivity contribution in [3.63, 3.8) is 0 Å². The minimum Gasteiger partial charge on any atom is -0.329 e. The molecule has 0 bridgehead atoms. The molecule has 0 spiro atoms. The molecule has 0 unspecified atom stereocenters. The van der Waals surface area contributed by atoms with E-state index in [1.165, 1.54) is 0 Å². The van der Waals surface area contributed by atoms with Gasteiger partial charge in [0, 0.05) is 25.2 Å². The summed E-state index contributed by atoms with van der Waals surface area (Å²) < 4.78 is 1.79. The van der Waals surface area contributed by atoms with Gasteiger partial charge in [0.15, 0.2) is 5.82 Å². The fourth-order valence-electron chi connectivity index (χ4n) is 1.98. The second-order valence-corrected chi connectivity index (χ2v) is 5.53. The average Bonchev–Trinajstić information content (AvgIpc) is 3.12. The maximum absolute atomic E-state index is 5.82. The Bertz CT molecular complexity index is 690. The van der Waals surface area contributed by atoms with Gasteiger partial charge < -0.3 is 11.5 Å². The number of rotatable bonds is 5. The fraction of sp³-hybridized carbons (Fsp3) is 0.308. The van der Waals surface area contributed by atoms with Gasteiger partial charge in [-0.15, -0.1) is 16.4 Å². The van der Waals surface area contributed by atoms with Crippen LogP contribution in [0.1, 0.15) is 12.2 Å². The number of nitrogens with two attached hydrogens (primary N) is 2. The van der Waals surface area contributed by atoms with Crippen LogP contribution < -0.4 is 11.5 Å². The summed E-state index contributed by atoms with van der Waals surface area (Å²) in [6, 6.07) is 6.02. The zero-order valence-electron chi connectivity index (χ0n) is 10.9. The van der Waals surface area contributed by atoms with Crippen LogP contribution in [0.3, 0.4) is 0 Å². The Hall–Kier alpha value is -1.83. The van der Waals surface area contributed by atoms with Gasteiger partial charge in [-0.05, 0) is 23.9 Å². The quantitative estimate of drug-likeness (QED) is 0.732. The van der Waals surface area contributed by atoms with Crippen molar-refractivity contribution < 1.29 is 0 Å². The van der Waals surface area contributed by atoms with Crippen LogP contribution in [0.5, 0.6) is 0 Å². The summed E-state index contributed by atoms with van der Waals surface area (Å²) in [5, 5.41) is 6.57. The Morgan fingerprint density at radius 2 is 2.25 bits per heavy atom. The van der Waals surface area contributed by atoms with Crippen molar-refractivity contribution in [3.05, 3.63) is 35.6 Å². The highest BCUT2D eigenvalue weighted by Crippen LogP contribution is 2.24. The minimum atomic E-state index is -0.00802. The van der Waals surface area contributed by atoms with E-state index in [1.807, 2.05) is 17.5 Å². The molecule has 3 heterocycles. The Balaban J connectivity index is 1.93. The molecule has 3 aromatic heterocycles. The monoisotopic (exact) mass is 288 g/mol. The Labute approximate surface area is 120 Å². The molecule has 0 aliphatic rings. The van der Waals surface area contributed by atoms with Gasteiger partial charge in [-0.25, -0.2) is 4.98 Å². The summed E-state index contributed by atoms with van der Waals surface area (Å²) >= 11 is 1.67. The van der Waals surface area contributed by atoms with Crippen LogP contribution in [0.25, 0.3) is 16.3 Å². The number of thiophene rings is 1. The highest BCUT2D eigenvalue weighted by molar-refractivity contribution is 7.13. The van der Waals surface area contributed by atoms with Gasteiger partial charge in [-0.2, -0.15) is 9.50 Å². The zero-order valence-corrected chi connectivity index (χ0v) is 11.8.